The number of para-hydroxylation sites is 1. The van der Waals surface area contributed by atoms with Gasteiger partial charge in [0.1, 0.15) is 0 Å². The van der Waals surface area contributed by atoms with Crippen molar-refractivity contribution < 1.29 is 9.13 Å². The van der Waals surface area contributed by atoms with Gasteiger partial charge in [-0.3, -0.25) is 0 Å². The highest BCUT2D eigenvalue weighted by Crippen LogP contribution is 2.22. The molecule has 2 aromatic carbocycles. The summed E-state index contributed by atoms with van der Waals surface area (Å²) in [6.45, 7) is 0.719. The average molecular weight is 245 g/mol. The second-order valence-electron chi connectivity index (χ2n) is 4.02. The van der Waals surface area contributed by atoms with Crippen LogP contribution in [0.1, 0.15) is 11.1 Å². The molecular weight excluding hydrogens is 229 g/mol. The van der Waals surface area contributed by atoms with Gasteiger partial charge in [0.15, 0.2) is 11.6 Å². The Hall–Kier alpha value is -1.87. The molecule has 0 amide bonds. The molecule has 0 aliphatic carbocycles. The van der Waals surface area contributed by atoms with E-state index in [-0.39, 0.29) is 18.1 Å². The summed E-state index contributed by atoms with van der Waals surface area (Å²) < 4.78 is 19.1. The first-order valence-corrected chi connectivity index (χ1v) is 5.95. The summed E-state index contributed by atoms with van der Waals surface area (Å²) >= 11 is 0. The van der Waals surface area contributed by atoms with Gasteiger partial charge in [0, 0.05) is 18.5 Å². The lowest BCUT2D eigenvalue weighted by atomic mass is 10.1. The molecule has 0 saturated heterocycles. The van der Waals surface area contributed by atoms with Crippen molar-refractivity contribution in [2.45, 2.75) is 13.0 Å². The molecule has 18 heavy (non-hydrogen) atoms. The quantitative estimate of drug-likeness (QED) is 0.879. The van der Waals surface area contributed by atoms with Crippen LogP contribution in [-0.2, 0) is 13.0 Å². The van der Waals surface area contributed by atoms with Crippen LogP contribution in [0.3, 0.4) is 0 Å². The molecule has 0 spiro atoms. The SMILES string of the molecule is NCc1cccc(F)c1OCCc1ccccc1. The van der Waals surface area contributed by atoms with Crippen LogP contribution < -0.4 is 10.5 Å². The first-order valence-electron chi connectivity index (χ1n) is 5.95. The highest BCUT2D eigenvalue weighted by Gasteiger charge is 2.08. The van der Waals surface area contributed by atoms with Gasteiger partial charge in [-0.15, -0.1) is 0 Å². The van der Waals surface area contributed by atoms with Gasteiger partial charge in [-0.1, -0.05) is 42.5 Å². The lowest BCUT2D eigenvalue weighted by molar-refractivity contribution is 0.302. The second kappa shape index (κ2) is 6.17. The molecule has 0 aliphatic rings. The van der Waals surface area contributed by atoms with Crippen molar-refractivity contribution in [3.05, 3.63) is 65.5 Å². The lowest BCUT2D eigenvalue weighted by Crippen LogP contribution is -2.07. The number of hydrogen-bond acceptors (Lipinski definition) is 2. The molecule has 0 saturated carbocycles. The zero-order chi connectivity index (χ0) is 12.8. The Bertz CT molecular complexity index is 499. The van der Waals surface area contributed by atoms with Gasteiger partial charge in [-0.2, -0.15) is 0 Å². The third-order valence-electron chi connectivity index (χ3n) is 2.75. The Morgan fingerprint density at radius 1 is 1.00 bits per heavy atom. The molecular formula is C15H16FNO. The maximum absolute atomic E-state index is 13.6. The lowest BCUT2D eigenvalue weighted by Gasteiger charge is -2.11. The van der Waals surface area contributed by atoms with Crippen molar-refractivity contribution >= 4 is 0 Å². The van der Waals surface area contributed by atoms with Gasteiger partial charge in [-0.25, -0.2) is 4.39 Å². The van der Waals surface area contributed by atoms with E-state index in [0.29, 0.717) is 12.2 Å². The van der Waals surface area contributed by atoms with E-state index in [2.05, 4.69) is 0 Å². The summed E-state index contributed by atoms with van der Waals surface area (Å²) in [5.41, 5.74) is 7.42. The van der Waals surface area contributed by atoms with E-state index in [1.165, 1.54) is 11.6 Å². The molecule has 2 aromatic rings. The Balaban J connectivity index is 1.98. The molecule has 0 heterocycles. The van der Waals surface area contributed by atoms with Gasteiger partial charge in [-0.05, 0) is 11.6 Å². The van der Waals surface area contributed by atoms with Crippen molar-refractivity contribution in [1.29, 1.82) is 0 Å². The van der Waals surface area contributed by atoms with Crippen LogP contribution in [0.2, 0.25) is 0 Å². The van der Waals surface area contributed by atoms with E-state index in [4.69, 9.17) is 10.5 Å². The van der Waals surface area contributed by atoms with E-state index in [1.54, 1.807) is 12.1 Å². The molecule has 3 heteroatoms. The molecule has 0 aliphatic heterocycles. The standard InChI is InChI=1S/C15H16FNO/c16-14-8-4-7-13(11-17)15(14)18-10-9-12-5-2-1-3-6-12/h1-8H,9-11,17H2. The van der Waals surface area contributed by atoms with Crippen molar-refractivity contribution in [1.82, 2.24) is 0 Å². The van der Waals surface area contributed by atoms with Crippen molar-refractivity contribution in [3.8, 4) is 5.75 Å². The predicted molar refractivity (Wildman–Crippen MR) is 69.9 cm³/mol. The number of halogens is 1. The first kappa shape index (κ1) is 12.6. The van der Waals surface area contributed by atoms with E-state index in [0.717, 1.165) is 6.42 Å². The van der Waals surface area contributed by atoms with Crippen molar-refractivity contribution in [3.63, 3.8) is 0 Å². The molecule has 0 radical (unpaired) electrons. The molecule has 2 rings (SSSR count). The Morgan fingerprint density at radius 2 is 1.78 bits per heavy atom. The van der Waals surface area contributed by atoms with E-state index in [9.17, 15) is 4.39 Å². The largest absolute Gasteiger partial charge is 0.490 e. The molecule has 2 nitrogen and oxygen atoms in total. The summed E-state index contributed by atoms with van der Waals surface area (Å²) in [7, 11) is 0. The Morgan fingerprint density at radius 3 is 2.50 bits per heavy atom. The maximum Gasteiger partial charge on any atom is 0.165 e. The van der Waals surface area contributed by atoms with Crippen LogP contribution >= 0.6 is 0 Å². The van der Waals surface area contributed by atoms with E-state index in [1.807, 2.05) is 30.3 Å². The van der Waals surface area contributed by atoms with Gasteiger partial charge in [0.2, 0.25) is 0 Å². The maximum atomic E-state index is 13.6. The summed E-state index contributed by atoms with van der Waals surface area (Å²) in [6, 6.07) is 14.8. The van der Waals surface area contributed by atoms with Crippen molar-refractivity contribution in [2.24, 2.45) is 5.73 Å². The van der Waals surface area contributed by atoms with Crippen LogP contribution in [0.4, 0.5) is 4.39 Å². The third kappa shape index (κ3) is 3.08. The zero-order valence-electron chi connectivity index (χ0n) is 10.1. The van der Waals surface area contributed by atoms with Gasteiger partial charge in [0.25, 0.3) is 0 Å². The topological polar surface area (TPSA) is 35.2 Å². The number of benzene rings is 2. The zero-order valence-corrected chi connectivity index (χ0v) is 10.1. The van der Waals surface area contributed by atoms with E-state index >= 15 is 0 Å². The average Bonchev–Trinajstić information content (AvgIpc) is 2.41. The van der Waals surface area contributed by atoms with Gasteiger partial charge < -0.3 is 10.5 Å². The van der Waals surface area contributed by atoms with Gasteiger partial charge in [0.05, 0.1) is 6.61 Å². The molecule has 0 atom stereocenters. The summed E-state index contributed by atoms with van der Waals surface area (Å²) in [5, 5.41) is 0. The van der Waals surface area contributed by atoms with Crippen LogP contribution in [0.15, 0.2) is 48.5 Å². The Kier molecular flexibility index (Phi) is 4.31. The molecule has 0 aromatic heterocycles. The van der Waals surface area contributed by atoms with Crippen LogP contribution in [0.25, 0.3) is 0 Å². The minimum absolute atomic E-state index is 0.274. The first-order chi connectivity index (χ1) is 8.81. The highest BCUT2D eigenvalue weighted by molar-refractivity contribution is 5.34. The van der Waals surface area contributed by atoms with E-state index < -0.39 is 0 Å². The predicted octanol–water partition coefficient (Wildman–Crippen LogP) is 2.91. The molecule has 2 N–H and O–H groups in total. The van der Waals surface area contributed by atoms with Crippen LogP contribution in [-0.4, -0.2) is 6.61 Å². The minimum Gasteiger partial charge on any atom is -0.490 e. The number of ether oxygens (including phenoxy) is 1. The number of rotatable bonds is 5. The summed E-state index contributed by atoms with van der Waals surface area (Å²) in [6.07, 6.45) is 0.749. The van der Waals surface area contributed by atoms with Crippen molar-refractivity contribution in [2.75, 3.05) is 6.61 Å². The van der Waals surface area contributed by atoms with Gasteiger partial charge >= 0.3 is 0 Å². The monoisotopic (exact) mass is 245 g/mol. The summed E-state index contributed by atoms with van der Waals surface area (Å²) in [4.78, 5) is 0. The third-order valence-corrected chi connectivity index (χ3v) is 2.75. The molecule has 0 unspecified atom stereocenters. The Labute approximate surface area is 106 Å². The molecule has 0 bridgehead atoms. The second-order valence-corrected chi connectivity index (χ2v) is 4.02. The fraction of sp³-hybridized carbons (Fsp3) is 0.200. The highest BCUT2D eigenvalue weighted by atomic mass is 19.1. The number of hydrogen-bond donors (Lipinski definition) is 1. The fourth-order valence-corrected chi connectivity index (χ4v) is 1.79. The van der Waals surface area contributed by atoms with Crippen LogP contribution in [0, 0.1) is 5.82 Å². The fourth-order valence-electron chi connectivity index (χ4n) is 1.79. The van der Waals surface area contributed by atoms with Crippen LogP contribution in [0.5, 0.6) is 5.75 Å². The normalized spacial score (nSPS) is 10.3. The smallest absolute Gasteiger partial charge is 0.165 e. The summed E-state index contributed by atoms with van der Waals surface area (Å²) in [5.74, 6) is -0.0815. The molecule has 94 valence electrons. The minimum atomic E-state index is -0.356. The number of nitrogens with two attached hydrogens (primary N) is 1. The molecule has 0 fully saturated rings.